The van der Waals surface area contributed by atoms with E-state index in [0.717, 1.165) is 0 Å². The van der Waals surface area contributed by atoms with E-state index in [1.54, 1.807) is 27.7 Å². The summed E-state index contributed by atoms with van der Waals surface area (Å²) >= 11 is 0. The number of hydrogen-bond donors (Lipinski definition) is 2. The number of hydrogen-bond acceptors (Lipinski definition) is 4. The van der Waals surface area contributed by atoms with Crippen molar-refractivity contribution in [1.29, 1.82) is 0 Å². The molecule has 0 saturated carbocycles. The Morgan fingerprint density at radius 1 is 1.12 bits per heavy atom. The van der Waals surface area contributed by atoms with Gasteiger partial charge in [-0.3, -0.25) is 4.79 Å². The first-order chi connectivity index (χ1) is 7.31. The third-order valence-corrected chi connectivity index (χ3v) is 2.32. The van der Waals surface area contributed by atoms with Gasteiger partial charge in [0, 0.05) is 0 Å². The second-order valence-electron chi connectivity index (χ2n) is 4.44. The normalized spacial score (nSPS) is 14.8. The minimum Gasteiger partial charge on any atom is -0.467 e. The molecule has 0 rings (SSSR count). The zero-order valence-corrected chi connectivity index (χ0v) is 10.5. The highest BCUT2D eigenvalue weighted by Crippen LogP contribution is 2.06. The fraction of sp³-hybridized carbons (Fsp3) is 0.818. The van der Waals surface area contributed by atoms with Crippen molar-refractivity contribution in [2.24, 2.45) is 11.8 Å². The molecule has 0 spiro atoms. The summed E-state index contributed by atoms with van der Waals surface area (Å²) in [5, 5.41) is 12.0. The number of carbonyl (C=O) groups is 2. The van der Waals surface area contributed by atoms with Crippen LogP contribution in [0.1, 0.15) is 27.7 Å². The van der Waals surface area contributed by atoms with E-state index in [0.29, 0.717) is 0 Å². The first-order valence-corrected chi connectivity index (χ1v) is 5.37. The van der Waals surface area contributed by atoms with Crippen molar-refractivity contribution in [1.82, 2.24) is 5.32 Å². The highest BCUT2D eigenvalue weighted by atomic mass is 16.5. The summed E-state index contributed by atoms with van der Waals surface area (Å²) in [4.78, 5) is 22.9. The van der Waals surface area contributed by atoms with Crippen molar-refractivity contribution in [3.05, 3.63) is 0 Å². The van der Waals surface area contributed by atoms with Gasteiger partial charge < -0.3 is 15.2 Å². The molecule has 0 aromatic rings. The molecule has 16 heavy (non-hydrogen) atoms. The van der Waals surface area contributed by atoms with Crippen LogP contribution in [0, 0.1) is 11.8 Å². The predicted molar refractivity (Wildman–Crippen MR) is 59.6 cm³/mol. The zero-order chi connectivity index (χ0) is 12.9. The summed E-state index contributed by atoms with van der Waals surface area (Å²) in [7, 11) is 1.27. The van der Waals surface area contributed by atoms with Gasteiger partial charge in [0.1, 0.15) is 12.1 Å². The maximum absolute atomic E-state index is 11.6. The maximum atomic E-state index is 11.6. The van der Waals surface area contributed by atoms with Gasteiger partial charge in [-0.05, 0) is 11.8 Å². The summed E-state index contributed by atoms with van der Waals surface area (Å²) in [5.41, 5.74) is 0. The van der Waals surface area contributed by atoms with Gasteiger partial charge in [0.05, 0.1) is 7.11 Å². The van der Waals surface area contributed by atoms with E-state index >= 15 is 0 Å². The average molecular weight is 231 g/mol. The van der Waals surface area contributed by atoms with Crippen molar-refractivity contribution in [2.75, 3.05) is 7.11 Å². The molecule has 0 aliphatic rings. The molecule has 0 fully saturated rings. The summed E-state index contributed by atoms with van der Waals surface area (Å²) in [6, 6.07) is -0.717. The minimum absolute atomic E-state index is 0.0873. The van der Waals surface area contributed by atoms with Crippen molar-refractivity contribution in [2.45, 2.75) is 39.8 Å². The molecule has 0 saturated heterocycles. The lowest BCUT2D eigenvalue weighted by Crippen LogP contribution is -2.49. The molecular formula is C11H21NO4. The minimum atomic E-state index is -1.11. The third kappa shape index (κ3) is 4.18. The van der Waals surface area contributed by atoms with Crippen LogP contribution in [-0.2, 0) is 14.3 Å². The smallest absolute Gasteiger partial charge is 0.328 e. The number of esters is 1. The molecule has 0 bridgehead atoms. The first kappa shape index (κ1) is 14.9. The van der Waals surface area contributed by atoms with Gasteiger partial charge in [-0.25, -0.2) is 4.79 Å². The molecule has 5 nitrogen and oxygen atoms in total. The number of ether oxygens (including phenoxy) is 1. The van der Waals surface area contributed by atoms with Crippen molar-refractivity contribution in [3.8, 4) is 0 Å². The van der Waals surface area contributed by atoms with Crippen LogP contribution in [-0.4, -0.2) is 36.2 Å². The number of aliphatic hydroxyl groups excluding tert-OH is 1. The number of aliphatic hydroxyl groups is 1. The summed E-state index contributed by atoms with van der Waals surface area (Å²) in [5.74, 6) is -1.32. The lowest BCUT2D eigenvalue weighted by molar-refractivity contribution is -0.148. The van der Waals surface area contributed by atoms with Gasteiger partial charge in [0.2, 0.25) is 5.91 Å². The van der Waals surface area contributed by atoms with E-state index in [1.165, 1.54) is 7.11 Å². The Hall–Kier alpha value is -1.10. The van der Waals surface area contributed by atoms with Gasteiger partial charge in [-0.1, -0.05) is 27.7 Å². The zero-order valence-electron chi connectivity index (χ0n) is 10.5. The van der Waals surface area contributed by atoms with Gasteiger partial charge >= 0.3 is 5.97 Å². The van der Waals surface area contributed by atoms with E-state index in [2.05, 4.69) is 10.1 Å². The van der Waals surface area contributed by atoms with Crippen molar-refractivity contribution < 1.29 is 19.4 Å². The van der Waals surface area contributed by atoms with Crippen molar-refractivity contribution >= 4 is 11.9 Å². The third-order valence-electron chi connectivity index (χ3n) is 2.32. The molecule has 0 aliphatic heterocycles. The summed E-state index contributed by atoms with van der Waals surface area (Å²) in [6.07, 6.45) is -1.11. The second-order valence-corrected chi connectivity index (χ2v) is 4.44. The SMILES string of the molecule is COC(=O)[C@@H](NC(=O)[C@@H](O)C(C)C)C(C)C. The van der Waals surface area contributed by atoms with Crippen LogP contribution in [0.25, 0.3) is 0 Å². The molecule has 2 N–H and O–H groups in total. The molecule has 0 aromatic carbocycles. The second kappa shape index (κ2) is 6.48. The quantitative estimate of drug-likeness (QED) is 0.668. The Morgan fingerprint density at radius 3 is 1.94 bits per heavy atom. The predicted octanol–water partition coefficient (Wildman–Crippen LogP) is 0.317. The number of carbonyl (C=O) groups excluding carboxylic acids is 2. The van der Waals surface area contributed by atoms with Gasteiger partial charge in [0.15, 0.2) is 0 Å². The Bertz CT molecular complexity index is 250. The van der Waals surface area contributed by atoms with Gasteiger partial charge in [-0.2, -0.15) is 0 Å². The number of nitrogens with one attached hydrogen (secondary N) is 1. The Morgan fingerprint density at radius 2 is 1.62 bits per heavy atom. The fourth-order valence-corrected chi connectivity index (χ4v) is 1.17. The number of rotatable bonds is 5. The maximum Gasteiger partial charge on any atom is 0.328 e. The molecule has 1 amide bonds. The highest BCUT2D eigenvalue weighted by molar-refractivity contribution is 5.87. The van der Waals surface area contributed by atoms with Crippen LogP contribution in [0.5, 0.6) is 0 Å². The molecule has 0 heterocycles. The number of amides is 1. The molecule has 0 aliphatic carbocycles. The molecule has 94 valence electrons. The summed E-state index contributed by atoms with van der Waals surface area (Å²) in [6.45, 7) is 7.05. The van der Waals surface area contributed by atoms with E-state index in [1.807, 2.05) is 0 Å². The Labute approximate surface area is 96.2 Å². The van der Waals surface area contributed by atoms with Crippen LogP contribution < -0.4 is 5.32 Å². The van der Waals surface area contributed by atoms with E-state index in [9.17, 15) is 14.7 Å². The standard InChI is InChI=1S/C11H21NO4/c1-6(2)8(11(15)16-5)12-10(14)9(13)7(3)4/h6-9,13H,1-5H3,(H,12,14)/t8-,9-/m0/s1. The largest absolute Gasteiger partial charge is 0.467 e. The summed E-state index contributed by atoms with van der Waals surface area (Å²) < 4.78 is 4.58. The van der Waals surface area contributed by atoms with E-state index in [-0.39, 0.29) is 11.8 Å². The highest BCUT2D eigenvalue weighted by Gasteiger charge is 2.28. The van der Waals surface area contributed by atoms with E-state index < -0.39 is 24.0 Å². The molecule has 2 atom stereocenters. The lowest BCUT2D eigenvalue weighted by atomic mass is 10.0. The monoisotopic (exact) mass is 231 g/mol. The molecule has 0 radical (unpaired) electrons. The van der Waals surface area contributed by atoms with Gasteiger partial charge in [0.25, 0.3) is 0 Å². The van der Waals surface area contributed by atoms with E-state index in [4.69, 9.17) is 0 Å². The molecule has 0 aromatic heterocycles. The van der Waals surface area contributed by atoms with Crippen LogP contribution in [0.2, 0.25) is 0 Å². The topological polar surface area (TPSA) is 75.6 Å². The van der Waals surface area contributed by atoms with Crippen LogP contribution in [0.3, 0.4) is 0 Å². The van der Waals surface area contributed by atoms with Crippen LogP contribution in [0.4, 0.5) is 0 Å². The number of methoxy groups -OCH3 is 1. The molecule has 5 heteroatoms. The van der Waals surface area contributed by atoms with Crippen LogP contribution in [0.15, 0.2) is 0 Å². The lowest BCUT2D eigenvalue weighted by Gasteiger charge is -2.22. The van der Waals surface area contributed by atoms with Gasteiger partial charge in [-0.15, -0.1) is 0 Å². The first-order valence-electron chi connectivity index (χ1n) is 5.37. The molecule has 0 unspecified atom stereocenters. The fourth-order valence-electron chi connectivity index (χ4n) is 1.17. The van der Waals surface area contributed by atoms with Crippen molar-refractivity contribution in [3.63, 3.8) is 0 Å². The van der Waals surface area contributed by atoms with Crippen LogP contribution >= 0.6 is 0 Å². The molecular weight excluding hydrogens is 210 g/mol. The Balaban J connectivity index is 4.53. The average Bonchev–Trinajstić information content (AvgIpc) is 2.22. The Kier molecular flexibility index (Phi) is 6.03.